The van der Waals surface area contributed by atoms with E-state index in [-0.39, 0.29) is 48.1 Å². The molecule has 386 valence electrons. The van der Waals surface area contributed by atoms with Gasteiger partial charge in [0.1, 0.15) is 18.2 Å². The molecule has 0 spiro atoms. The maximum atomic E-state index is 13.3. The number of carbonyl (C=O) groups is 4. The molecule has 0 aliphatic carbocycles. The van der Waals surface area contributed by atoms with Crippen molar-refractivity contribution in [2.75, 3.05) is 77.0 Å². The van der Waals surface area contributed by atoms with Crippen LogP contribution in [0, 0.1) is 0 Å². The molecular formula is C55H68N10O8. The van der Waals surface area contributed by atoms with Crippen molar-refractivity contribution in [3.8, 4) is 0 Å². The fourth-order valence-corrected chi connectivity index (χ4v) is 10.9. The quantitative estimate of drug-likeness (QED) is 0.143. The third-order valence-corrected chi connectivity index (χ3v) is 15.2. The van der Waals surface area contributed by atoms with E-state index in [1.165, 1.54) is 25.8 Å². The number of hydrogen-bond acceptors (Lipinski definition) is 11. The van der Waals surface area contributed by atoms with E-state index >= 15 is 0 Å². The minimum Gasteiger partial charge on any atom is -0.452 e. The van der Waals surface area contributed by atoms with E-state index in [2.05, 4.69) is 52.8 Å². The van der Waals surface area contributed by atoms with Crippen LogP contribution >= 0.6 is 0 Å². The maximum absolute atomic E-state index is 13.3. The third kappa shape index (κ3) is 10.7. The van der Waals surface area contributed by atoms with Crippen LogP contribution in [0.15, 0.2) is 83.8 Å². The summed E-state index contributed by atoms with van der Waals surface area (Å²) in [4.78, 5) is 82.2. The van der Waals surface area contributed by atoms with Gasteiger partial charge in [0.05, 0.1) is 60.3 Å². The molecule has 3 aromatic heterocycles. The standard InChI is InChI=1S/C28H35N5O3.C27H33N5O5/c1-20-9-10-23-24(33(20)28(35)36-3)11-12-25-27(23)29-26(19-22-7-5-4-6-8-22)32(25)18-15-30-13-16-31(17-14-30)21(2)34;1-18-7-8-20-21(32(18)27(35)36-3)9-10-22-26(20)28-23(11-14-30-13-5-4-6-24(30)33)31(22)16-25(34)29(2)19-12-15-37-17-19/h4-8,11-12,20H,9-10,13-19H2,1-3H3;4-6,9-10,13,18-19H,7-8,11-12,14-17H2,1-3H3/t20-;18-,19-/m00/s1. The number of likely N-dealkylation sites (N-methyl/N-ethyl adjacent to an activating group) is 1. The van der Waals surface area contributed by atoms with Crippen LogP contribution < -0.4 is 15.4 Å². The van der Waals surface area contributed by atoms with Crippen molar-refractivity contribution in [3.05, 3.63) is 118 Å². The molecule has 0 unspecified atom stereocenters. The molecule has 6 aromatic rings. The fraction of sp³-hybridized carbons (Fsp3) is 0.473. The number of pyridine rings is 1. The van der Waals surface area contributed by atoms with Gasteiger partial charge in [-0.05, 0) is 81.8 Å². The van der Waals surface area contributed by atoms with Gasteiger partial charge in [-0.1, -0.05) is 36.4 Å². The highest BCUT2D eigenvalue weighted by atomic mass is 16.5. The summed E-state index contributed by atoms with van der Waals surface area (Å²) in [5, 5.41) is 0. The number of ether oxygens (including phenoxy) is 3. The summed E-state index contributed by atoms with van der Waals surface area (Å²) in [7, 11) is 4.64. The lowest BCUT2D eigenvalue weighted by atomic mass is 9.96. The molecule has 18 heteroatoms. The highest BCUT2D eigenvalue weighted by molar-refractivity contribution is 5.97. The Morgan fingerprint density at radius 1 is 0.712 bits per heavy atom. The molecule has 0 radical (unpaired) electrons. The first-order valence-corrected chi connectivity index (χ1v) is 25.6. The van der Waals surface area contributed by atoms with Crippen LogP contribution in [-0.2, 0) is 69.1 Å². The van der Waals surface area contributed by atoms with Gasteiger partial charge in [0.2, 0.25) is 11.8 Å². The summed E-state index contributed by atoms with van der Waals surface area (Å²) in [6.07, 6.45) is 6.40. The molecule has 3 aromatic carbocycles. The topological polar surface area (TPSA) is 170 Å². The van der Waals surface area contributed by atoms with E-state index in [0.717, 1.165) is 134 Å². The summed E-state index contributed by atoms with van der Waals surface area (Å²) in [6.45, 7) is 12.6. The predicted octanol–water partition coefficient (Wildman–Crippen LogP) is 6.29. The number of benzene rings is 3. The number of carbonyl (C=O) groups excluding carboxylic acids is 4. The maximum Gasteiger partial charge on any atom is 0.414 e. The summed E-state index contributed by atoms with van der Waals surface area (Å²) in [5.41, 5.74) is 8.67. The largest absolute Gasteiger partial charge is 0.452 e. The number of fused-ring (bicyclic) bond motifs is 6. The van der Waals surface area contributed by atoms with Gasteiger partial charge < -0.3 is 37.7 Å². The lowest BCUT2D eigenvalue weighted by Gasteiger charge is -2.34. The summed E-state index contributed by atoms with van der Waals surface area (Å²) in [6, 6.07) is 23.7. The number of anilines is 2. The zero-order valence-electron chi connectivity index (χ0n) is 43.0. The van der Waals surface area contributed by atoms with Gasteiger partial charge in [0.25, 0.3) is 5.56 Å². The van der Waals surface area contributed by atoms with Crippen molar-refractivity contribution in [2.24, 2.45) is 0 Å². The number of rotatable bonds is 11. The van der Waals surface area contributed by atoms with Crippen molar-refractivity contribution < 1.29 is 33.4 Å². The molecule has 10 rings (SSSR count). The molecule has 3 atom stereocenters. The first-order chi connectivity index (χ1) is 35.3. The van der Waals surface area contributed by atoms with Crippen LogP contribution in [0.2, 0.25) is 0 Å². The molecule has 4 aliphatic rings. The van der Waals surface area contributed by atoms with Crippen LogP contribution in [0.1, 0.15) is 68.4 Å². The second-order valence-electron chi connectivity index (χ2n) is 19.6. The predicted molar refractivity (Wildman–Crippen MR) is 279 cm³/mol. The Hall–Kier alpha value is -7.05. The Kier molecular flexibility index (Phi) is 15.6. The SMILES string of the molecule is COC(=O)N1c2ccc3c(nc(CCn4ccccc4=O)n3CC(=O)N(C)[C@H]3CCOC3)c2CC[C@@H]1C.COC(=O)N1c2ccc3c(nc(Cc4ccccc4)n3CCN3CCN(C(C)=O)CC3)c2CC[C@@H]1C. The second kappa shape index (κ2) is 22.4. The highest BCUT2D eigenvalue weighted by Gasteiger charge is 2.34. The Morgan fingerprint density at radius 3 is 1.89 bits per heavy atom. The third-order valence-electron chi connectivity index (χ3n) is 15.2. The van der Waals surface area contributed by atoms with Gasteiger partial charge in [-0.3, -0.25) is 29.1 Å². The van der Waals surface area contributed by atoms with E-state index in [0.29, 0.717) is 26.2 Å². The first-order valence-electron chi connectivity index (χ1n) is 25.6. The van der Waals surface area contributed by atoms with Gasteiger partial charge in [-0.2, -0.15) is 0 Å². The smallest absolute Gasteiger partial charge is 0.414 e. The van der Waals surface area contributed by atoms with Crippen LogP contribution in [0.5, 0.6) is 0 Å². The summed E-state index contributed by atoms with van der Waals surface area (Å²) in [5.74, 6) is 1.90. The van der Waals surface area contributed by atoms with Crippen LogP contribution in [0.3, 0.4) is 0 Å². The van der Waals surface area contributed by atoms with Gasteiger partial charge in [0.15, 0.2) is 0 Å². The number of nitrogens with zero attached hydrogens (tertiary/aromatic N) is 10. The van der Waals surface area contributed by atoms with E-state index in [1.54, 1.807) is 38.5 Å². The van der Waals surface area contributed by atoms with Gasteiger partial charge in [0, 0.05) is 115 Å². The zero-order valence-corrected chi connectivity index (χ0v) is 43.0. The Bertz CT molecular complexity index is 3030. The van der Waals surface area contributed by atoms with Crippen molar-refractivity contribution in [1.29, 1.82) is 0 Å². The number of methoxy groups -OCH3 is 2. The Balaban J connectivity index is 0.000000180. The first kappa shape index (κ1) is 50.9. The number of imidazole rings is 2. The van der Waals surface area contributed by atoms with Crippen molar-refractivity contribution in [1.82, 2.24) is 38.4 Å². The van der Waals surface area contributed by atoms with Gasteiger partial charge >= 0.3 is 12.2 Å². The summed E-state index contributed by atoms with van der Waals surface area (Å²) >= 11 is 0. The van der Waals surface area contributed by atoms with E-state index in [1.807, 2.05) is 47.7 Å². The van der Waals surface area contributed by atoms with Gasteiger partial charge in [-0.25, -0.2) is 19.6 Å². The number of aryl methyl sites for hydroxylation is 4. The van der Waals surface area contributed by atoms with Crippen LogP contribution in [-0.4, -0.2) is 148 Å². The summed E-state index contributed by atoms with van der Waals surface area (Å²) < 4.78 is 21.6. The second-order valence-corrected chi connectivity index (χ2v) is 19.6. The van der Waals surface area contributed by atoms with E-state index in [9.17, 15) is 24.0 Å². The van der Waals surface area contributed by atoms with Crippen LogP contribution in [0.4, 0.5) is 21.0 Å². The molecule has 2 saturated heterocycles. The van der Waals surface area contributed by atoms with E-state index in [4.69, 9.17) is 24.2 Å². The fourth-order valence-electron chi connectivity index (χ4n) is 10.9. The minimum atomic E-state index is -0.397. The number of amides is 4. The molecule has 0 saturated carbocycles. The molecule has 0 bridgehead atoms. The molecule has 4 amide bonds. The van der Waals surface area contributed by atoms with Crippen molar-refractivity contribution in [3.63, 3.8) is 0 Å². The minimum absolute atomic E-state index is 0.00719. The van der Waals surface area contributed by atoms with Crippen LogP contribution in [0.25, 0.3) is 22.1 Å². The lowest BCUT2D eigenvalue weighted by Crippen LogP contribution is -2.48. The molecule has 0 N–H and O–H groups in total. The van der Waals surface area contributed by atoms with Crippen molar-refractivity contribution >= 4 is 57.4 Å². The zero-order chi connectivity index (χ0) is 51.3. The normalized spacial score (nSPS) is 18.8. The molecular weight excluding hydrogens is 929 g/mol. The lowest BCUT2D eigenvalue weighted by molar-refractivity contribution is -0.132. The number of aromatic nitrogens is 5. The molecule has 73 heavy (non-hydrogen) atoms. The van der Waals surface area contributed by atoms with E-state index < -0.39 is 6.09 Å². The Labute approximate surface area is 426 Å². The molecule has 7 heterocycles. The molecule has 18 nitrogen and oxygen atoms in total. The average molecular weight is 997 g/mol. The number of hydrogen-bond donors (Lipinski definition) is 0. The van der Waals surface area contributed by atoms with Crippen molar-refractivity contribution in [2.45, 2.75) is 103 Å². The van der Waals surface area contributed by atoms with Gasteiger partial charge in [-0.15, -0.1) is 0 Å². The highest BCUT2D eigenvalue weighted by Crippen LogP contribution is 2.38. The molecule has 2 fully saturated rings. The number of piperazine rings is 1. The average Bonchev–Trinajstić information content (AvgIpc) is 4.16. The Morgan fingerprint density at radius 2 is 1.32 bits per heavy atom. The molecule has 4 aliphatic heterocycles. The monoisotopic (exact) mass is 997 g/mol.